The molecule has 0 spiro atoms. The fourth-order valence-corrected chi connectivity index (χ4v) is 2.91. The van der Waals surface area contributed by atoms with Crippen molar-refractivity contribution in [1.29, 1.82) is 0 Å². The average Bonchev–Trinajstić information content (AvgIpc) is 3.19. The molecule has 1 heterocycles. The number of aromatic nitrogens is 2. The van der Waals surface area contributed by atoms with Crippen LogP contribution < -0.4 is 5.32 Å². The number of rotatable bonds is 9. The highest BCUT2D eigenvalue weighted by Gasteiger charge is 2.32. The molecule has 7 heteroatoms. The van der Waals surface area contributed by atoms with E-state index < -0.39 is 5.97 Å². The van der Waals surface area contributed by atoms with Gasteiger partial charge in [-0.3, -0.25) is 14.3 Å². The van der Waals surface area contributed by atoms with Crippen LogP contribution in [-0.4, -0.2) is 44.8 Å². The van der Waals surface area contributed by atoms with Gasteiger partial charge in [0.1, 0.15) is 0 Å². The van der Waals surface area contributed by atoms with Crippen LogP contribution in [0.3, 0.4) is 0 Å². The van der Waals surface area contributed by atoms with Crippen molar-refractivity contribution in [3.63, 3.8) is 0 Å². The Morgan fingerprint density at radius 2 is 2.23 bits per heavy atom. The molecule has 22 heavy (non-hydrogen) atoms. The van der Waals surface area contributed by atoms with Crippen molar-refractivity contribution in [3.8, 4) is 0 Å². The minimum Gasteiger partial charge on any atom is -0.481 e. The third-order valence-corrected chi connectivity index (χ3v) is 4.33. The zero-order valence-corrected chi connectivity index (χ0v) is 13.9. The smallest absolute Gasteiger partial charge is 0.313 e. The Morgan fingerprint density at radius 3 is 2.82 bits per heavy atom. The molecule has 0 atom stereocenters. The summed E-state index contributed by atoms with van der Waals surface area (Å²) < 4.78 is 1.97. The summed E-state index contributed by atoms with van der Waals surface area (Å²) in [6, 6.07) is 0. The largest absolute Gasteiger partial charge is 0.481 e. The lowest BCUT2D eigenvalue weighted by Gasteiger charge is -2.11. The van der Waals surface area contributed by atoms with Crippen LogP contribution in [0.1, 0.15) is 48.7 Å². The van der Waals surface area contributed by atoms with Gasteiger partial charge in [-0.2, -0.15) is 5.10 Å². The van der Waals surface area contributed by atoms with Crippen LogP contribution >= 0.6 is 11.8 Å². The first-order valence-corrected chi connectivity index (χ1v) is 8.78. The summed E-state index contributed by atoms with van der Waals surface area (Å²) in [7, 11) is 0. The minimum absolute atomic E-state index is 0.0650. The Hall–Kier alpha value is -1.50. The van der Waals surface area contributed by atoms with Crippen molar-refractivity contribution in [2.24, 2.45) is 5.92 Å². The molecule has 2 N–H and O–H groups in total. The van der Waals surface area contributed by atoms with E-state index in [9.17, 15) is 9.59 Å². The van der Waals surface area contributed by atoms with E-state index in [1.54, 1.807) is 6.20 Å². The molecule has 6 nitrogen and oxygen atoms in total. The molecule has 1 aromatic heterocycles. The summed E-state index contributed by atoms with van der Waals surface area (Å²) >= 11 is 1.30. The van der Waals surface area contributed by atoms with Crippen LogP contribution in [0.15, 0.2) is 6.20 Å². The van der Waals surface area contributed by atoms with Crippen LogP contribution in [0.2, 0.25) is 0 Å². The number of hydrogen-bond acceptors (Lipinski definition) is 4. The van der Waals surface area contributed by atoms with Crippen molar-refractivity contribution >= 4 is 23.6 Å². The van der Waals surface area contributed by atoms with Gasteiger partial charge >= 0.3 is 5.97 Å². The topological polar surface area (TPSA) is 84.2 Å². The molecule has 1 saturated carbocycles. The molecule has 1 fully saturated rings. The molecule has 2 rings (SSSR count). The van der Waals surface area contributed by atoms with Crippen LogP contribution in [0.4, 0.5) is 0 Å². The molecule has 0 bridgehead atoms. The number of thioether (sulfide) groups is 1. The van der Waals surface area contributed by atoms with E-state index in [-0.39, 0.29) is 11.7 Å². The second-order valence-corrected chi connectivity index (χ2v) is 7.10. The van der Waals surface area contributed by atoms with Gasteiger partial charge in [-0.1, -0.05) is 13.8 Å². The van der Waals surface area contributed by atoms with Gasteiger partial charge in [0.05, 0.1) is 23.2 Å². The number of nitrogens with zero attached hydrogens (tertiary/aromatic N) is 2. The van der Waals surface area contributed by atoms with Crippen LogP contribution in [-0.2, 0) is 11.3 Å². The molecule has 122 valence electrons. The molecule has 0 unspecified atom stereocenters. The van der Waals surface area contributed by atoms with E-state index in [2.05, 4.69) is 24.3 Å². The summed E-state index contributed by atoms with van der Waals surface area (Å²) in [4.78, 5) is 22.7. The van der Waals surface area contributed by atoms with Crippen LogP contribution in [0.25, 0.3) is 0 Å². The third-order valence-electron chi connectivity index (χ3n) is 3.38. The number of hydrogen-bond donors (Lipinski definition) is 2. The van der Waals surface area contributed by atoms with Crippen molar-refractivity contribution < 1.29 is 14.7 Å². The Balaban J connectivity index is 1.92. The fraction of sp³-hybridized carbons (Fsp3) is 0.667. The zero-order chi connectivity index (χ0) is 16.1. The van der Waals surface area contributed by atoms with E-state index in [4.69, 9.17) is 5.11 Å². The molecule has 0 aromatic carbocycles. The lowest BCUT2D eigenvalue weighted by atomic mass is 10.1. The molecule has 1 aliphatic carbocycles. The first-order valence-electron chi connectivity index (χ1n) is 7.62. The van der Waals surface area contributed by atoms with E-state index in [0.29, 0.717) is 29.7 Å². The first-order chi connectivity index (χ1) is 10.5. The van der Waals surface area contributed by atoms with Crippen molar-refractivity contribution in [2.45, 2.75) is 39.2 Å². The highest BCUT2D eigenvalue weighted by atomic mass is 32.2. The molecular weight excluding hydrogens is 302 g/mol. The summed E-state index contributed by atoms with van der Waals surface area (Å²) in [5, 5.41) is 15.8. The van der Waals surface area contributed by atoms with Gasteiger partial charge in [-0.15, -0.1) is 11.8 Å². The van der Waals surface area contributed by atoms with Crippen LogP contribution in [0.5, 0.6) is 0 Å². The highest BCUT2D eigenvalue weighted by Crippen LogP contribution is 2.41. The van der Waals surface area contributed by atoms with Crippen molar-refractivity contribution in [3.05, 3.63) is 17.5 Å². The summed E-state index contributed by atoms with van der Waals surface area (Å²) in [6.07, 6.45) is 3.91. The number of carbonyl (C=O) groups excluding carboxylic acids is 1. The van der Waals surface area contributed by atoms with E-state index >= 15 is 0 Å². The summed E-state index contributed by atoms with van der Waals surface area (Å²) in [5.41, 5.74) is 1.73. The average molecular weight is 325 g/mol. The Labute approximate surface area is 134 Å². The monoisotopic (exact) mass is 325 g/mol. The van der Waals surface area contributed by atoms with Gasteiger partial charge in [0.25, 0.3) is 5.91 Å². The maximum Gasteiger partial charge on any atom is 0.313 e. The van der Waals surface area contributed by atoms with Crippen LogP contribution in [0, 0.1) is 5.92 Å². The first kappa shape index (κ1) is 16.9. The quantitative estimate of drug-likeness (QED) is 0.678. The summed E-state index contributed by atoms with van der Waals surface area (Å²) in [5.74, 6) is 0.672. The van der Waals surface area contributed by atoms with Gasteiger partial charge in [0.2, 0.25) is 0 Å². The van der Waals surface area contributed by atoms with Gasteiger partial charge in [0, 0.05) is 24.8 Å². The number of carboxylic acid groups (broad SMARTS) is 1. The molecule has 1 aromatic rings. The SMILES string of the molecule is CC(C)Cn1ncc(C(=O)NCCSCC(=O)O)c1C1CC1. The molecule has 0 radical (unpaired) electrons. The maximum atomic E-state index is 12.3. The second-order valence-electron chi connectivity index (χ2n) is 6.00. The molecule has 1 amide bonds. The molecular formula is C15H23N3O3S. The summed E-state index contributed by atoms with van der Waals surface area (Å²) in [6.45, 7) is 5.57. The second kappa shape index (κ2) is 7.67. The lowest BCUT2D eigenvalue weighted by Crippen LogP contribution is -2.27. The van der Waals surface area contributed by atoms with Gasteiger partial charge in [0.15, 0.2) is 0 Å². The number of aliphatic carboxylic acids is 1. The molecule has 0 saturated heterocycles. The predicted molar refractivity (Wildman–Crippen MR) is 86.3 cm³/mol. The van der Waals surface area contributed by atoms with Gasteiger partial charge < -0.3 is 10.4 Å². The fourth-order valence-electron chi connectivity index (χ4n) is 2.34. The number of nitrogens with one attached hydrogen (secondary N) is 1. The predicted octanol–water partition coefficient (Wildman–Crippen LogP) is 1.96. The maximum absolute atomic E-state index is 12.3. The molecule has 0 aliphatic heterocycles. The van der Waals surface area contributed by atoms with E-state index in [1.165, 1.54) is 11.8 Å². The Kier molecular flexibility index (Phi) is 5.88. The van der Waals surface area contributed by atoms with E-state index in [1.807, 2.05) is 4.68 Å². The zero-order valence-electron chi connectivity index (χ0n) is 13.0. The Bertz CT molecular complexity index is 538. The highest BCUT2D eigenvalue weighted by molar-refractivity contribution is 7.99. The Morgan fingerprint density at radius 1 is 1.50 bits per heavy atom. The minimum atomic E-state index is -0.831. The van der Waals surface area contributed by atoms with Gasteiger partial charge in [-0.05, 0) is 18.8 Å². The third kappa shape index (κ3) is 4.76. The number of carboxylic acids is 1. The van der Waals surface area contributed by atoms with Crippen molar-refractivity contribution in [1.82, 2.24) is 15.1 Å². The standard InChI is InChI=1S/C15H23N3O3S/c1-10(2)8-18-14(11-3-4-11)12(7-17-18)15(21)16-5-6-22-9-13(19)20/h7,10-11H,3-6,8-9H2,1-2H3,(H,16,21)(H,19,20). The number of carbonyl (C=O) groups is 2. The lowest BCUT2D eigenvalue weighted by molar-refractivity contribution is -0.133. The van der Waals surface area contributed by atoms with E-state index in [0.717, 1.165) is 25.1 Å². The number of amides is 1. The molecule has 1 aliphatic rings. The van der Waals surface area contributed by atoms with Crippen molar-refractivity contribution in [2.75, 3.05) is 18.1 Å². The van der Waals surface area contributed by atoms with Gasteiger partial charge in [-0.25, -0.2) is 0 Å². The normalized spacial score (nSPS) is 14.3.